The van der Waals surface area contributed by atoms with Gasteiger partial charge in [-0.15, -0.1) is 0 Å². The van der Waals surface area contributed by atoms with Crippen LogP contribution < -0.4 is 9.47 Å². The van der Waals surface area contributed by atoms with E-state index in [1.54, 1.807) is 0 Å². The largest absolute Gasteiger partial charge is 0.466 e. The van der Waals surface area contributed by atoms with Gasteiger partial charge in [-0.25, -0.2) is 4.79 Å². The van der Waals surface area contributed by atoms with Gasteiger partial charge in [-0.1, -0.05) is 92.2 Å². The molecule has 3 heteroatoms. The Bertz CT molecular complexity index is 1210. The number of rotatable bonds is 4. The average Bonchev–Trinajstić information content (AvgIpc) is 2.79. The zero-order chi connectivity index (χ0) is 19.8. The molecule has 4 aromatic rings. The van der Waals surface area contributed by atoms with Crippen LogP contribution >= 0.6 is 0 Å². The molecule has 0 unspecified atom stereocenters. The van der Waals surface area contributed by atoms with Crippen LogP contribution in [0.3, 0.4) is 0 Å². The summed E-state index contributed by atoms with van der Waals surface area (Å²) in [6, 6.07) is 25.9. The summed E-state index contributed by atoms with van der Waals surface area (Å²) >= 11 is 0. The lowest BCUT2D eigenvalue weighted by atomic mass is 9.87. The molecule has 1 aliphatic heterocycles. The van der Waals surface area contributed by atoms with Gasteiger partial charge in [0, 0.05) is 22.8 Å². The van der Waals surface area contributed by atoms with Gasteiger partial charge in [-0.05, 0) is 17.2 Å². The molecule has 1 aliphatic rings. The summed E-state index contributed by atoms with van der Waals surface area (Å²) in [7, 11) is 0. The number of carbonyl (C=O) groups is 1. The molecule has 1 atom stereocenters. The number of hydrogen-bond acceptors (Lipinski definition) is 3. The molecule has 0 saturated heterocycles. The highest BCUT2D eigenvalue weighted by molar-refractivity contribution is 6.15. The molecule has 4 aromatic carbocycles. The fourth-order valence-electron chi connectivity index (χ4n) is 4.28. The van der Waals surface area contributed by atoms with Crippen molar-refractivity contribution in [2.24, 2.45) is 0 Å². The summed E-state index contributed by atoms with van der Waals surface area (Å²) in [6.45, 7) is 2.11. The molecule has 5 rings (SSSR count). The number of hydrogen-bond donors (Lipinski definition) is 0. The number of carbonyl (C=O) groups excluding carboxylic acids is 1. The zero-order valence-corrected chi connectivity index (χ0v) is 16.4. The standard InChI is InChI=1S/C26H22O3/c1-2-3-17-26(18-11-5-4-6-12-18)25(27)28-23-21-15-9-7-13-19(21)20-14-8-10-16-22(20)24(23)29-26/h4-16H,2-3,17H2,1H3/t26-/m1/s1. The number of ether oxygens (including phenoxy) is 2. The van der Waals surface area contributed by atoms with Gasteiger partial charge in [-0.2, -0.15) is 0 Å². The molecule has 0 saturated carbocycles. The van der Waals surface area contributed by atoms with Crippen molar-refractivity contribution < 1.29 is 14.3 Å². The smallest absolute Gasteiger partial charge is 0.360 e. The first kappa shape index (κ1) is 17.7. The topological polar surface area (TPSA) is 35.5 Å². The van der Waals surface area contributed by atoms with Crippen LogP contribution in [0.4, 0.5) is 0 Å². The number of esters is 1. The number of fused-ring (bicyclic) bond motifs is 6. The van der Waals surface area contributed by atoms with Gasteiger partial charge >= 0.3 is 5.97 Å². The highest BCUT2D eigenvalue weighted by atomic mass is 16.6. The Morgan fingerprint density at radius 2 is 1.28 bits per heavy atom. The summed E-state index contributed by atoms with van der Waals surface area (Å²) in [5, 5.41) is 4.01. The van der Waals surface area contributed by atoms with Crippen LogP contribution in [-0.4, -0.2) is 5.97 Å². The van der Waals surface area contributed by atoms with E-state index in [2.05, 4.69) is 19.1 Å². The Kier molecular flexibility index (Phi) is 4.24. The first-order valence-corrected chi connectivity index (χ1v) is 10.1. The van der Waals surface area contributed by atoms with Crippen molar-refractivity contribution in [1.82, 2.24) is 0 Å². The molecule has 0 fully saturated rings. The predicted molar refractivity (Wildman–Crippen MR) is 115 cm³/mol. The Morgan fingerprint density at radius 1 is 0.724 bits per heavy atom. The van der Waals surface area contributed by atoms with E-state index in [4.69, 9.17) is 9.47 Å². The molecular weight excluding hydrogens is 360 g/mol. The maximum absolute atomic E-state index is 13.4. The highest BCUT2D eigenvalue weighted by Crippen LogP contribution is 2.50. The molecule has 0 aromatic heterocycles. The van der Waals surface area contributed by atoms with Crippen LogP contribution in [0.5, 0.6) is 11.5 Å². The third-order valence-electron chi connectivity index (χ3n) is 5.76. The lowest BCUT2D eigenvalue weighted by molar-refractivity contribution is -0.158. The second-order valence-corrected chi connectivity index (χ2v) is 7.54. The van der Waals surface area contributed by atoms with Gasteiger partial charge in [0.2, 0.25) is 5.60 Å². The van der Waals surface area contributed by atoms with Crippen LogP contribution in [0.15, 0.2) is 78.9 Å². The van der Waals surface area contributed by atoms with Crippen LogP contribution in [0.1, 0.15) is 31.7 Å². The first-order valence-electron chi connectivity index (χ1n) is 10.1. The normalized spacial score (nSPS) is 18.3. The van der Waals surface area contributed by atoms with Crippen molar-refractivity contribution in [2.45, 2.75) is 31.8 Å². The van der Waals surface area contributed by atoms with Crippen molar-refractivity contribution in [3.63, 3.8) is 0 Å². The predicted octanol–water partition coefficient (Wildman–Crippen LogP) is 6.38. The molecule has 1 heterocycles. The van der Waals surface area contributed by atoms with E-state index in [1.165, 1.54) is 0 Å². The molecule has 0 amide bonds. The monoisotopic (exact) mass is 382 g/mol. The van der Waals surface area contributed by atoms with E-state index in [-0.39, 0.29) is 5.97 Å². The van der Waals surface area contributed by atoms with Crippen molar-refractivity contribution in [1.29, 1.82) is 0 Å². The lowest BCUT2D eigenvalue weighted by Crippen LogP contribution is -2.47. The lowest BCUT2D eigenvalue weighted by Gasteiger charge is -2.37. The average molecular weight is 382 g/mol. The minimum absolute atomic E-state index is 0.343. The number of benzene rings is 4. The van der Waals surface area contributed by atoms with Gasteiger partial charge in [0.25, 0.3) is 0 Å². The van der Waals surface area contributed by atoms with E-state index in [0.717, 1.165) is 39.9 Å². The molecule has 29 heavy (non-hydrogen) atoms. The maximum atomic E-state index is 13.4. The maximum Gasteiger partial charge on any atom is 0.360 e. The minimum atomic E-state index is -1.13. The molecule has 3 nitrogen and oxygen atoms in total. The van der Waals surface area contributed by atoms with Gasteiger partial charge in [0.05, 0.1) is 0 Å². The van der Waals surface area contributed by atoms with E-state index in [9.17, 15) is 4.79 Å². The van der Waals surface area contributed by atoms with Gasteiger partial charge in [-0.3, -0.25) is 0 Å². The highest BCUT2D eigenvalue weighted by Gasteiger charge is 2.48. The summed E-state index contributed by atoms with van der Waals surface area (Å²) < 4.78 is 12.7. The third-order valence-corrected chi connectivity index (χ3v) is 5.76. The Labute approximate surface area is 169 Å². The van der Waals surface area contributed by atoms with Gasteiger partial charge in [0.15, 0.2) is 11.5 Å². The Morgan fingerprint density at radius 3 is 1.90 bits per heavy atom. The fourth-order valence-corrected chi connectivity index (χ4v) is 4.28. The van der Waals surface area contributed by atoms with Crippen molar-refractivity contribution in [2.75, 3.05) is 0 Å². The summed E-state index contributed by atoms with van der Waals surface area (Å²) in [6.07, 6.45) is 2.41. The second-order valence-electron chi connectivity index (χ2n) is 7.54. The van der Waals surface area contributed by atoms with Crippen molar-refractivity contribution in [3.8, 4) is 11.5 Å². The molecule has 144 valence electrons. The van der Waals surface area contributed by atoms with Crippen LogP contribution in [0.2, 0.25) is 0 Å². The van der Waals surface area contributed by atoms with Gasteiger partial charge in [0.1, 0.15) is 0 Å². The molecule has 0 N–H and O–H groups in total. The van der Waals surface area contributed by atoms with Crippen LogP contribution in [-0.2, 0) is 10.4 Å². The molecule has 0 spiro atoms. The molecular formula is C26H22O3. The van der Waals surface area contributed by atoms with Crippen LogP contribution in [0, 0.1) is 0 Å². The minimum Gasteiger partial charge on any atom is -0.466 e. The van der Waals surface area contributed by atoms with Gasteiger partial charge < -0.3 is 9.47 Å². The van der Waals surface area contributed by atoms with E-state index >= 15 is 0 Å². The summed E-state index contributed by atoms with van der Waals surface area (Å²) in [5.74, 6) is 0.830. The SMILES string of the molecule is CCCC[C@]1(c2ccccc2)Oc2c(c3ccccc3c3ccccc23)OC1=O. The Balaban J connectivity index is 1.80. The van der Waals surface area contributed by atoms with Crippen LogP contribution in [0.25, 0.3) is 21.5 Å². The molecule has 0 bridgehead atoms. The summed E-state index contributed by atoms with van der Waals surface area (Å²) in [5.41, 5.74) is -0.295. The molecule has 0 radical (unpaired) electrons. The Hall–Kier alpha value is -3.33. The quantitative estimate of drug-likeness (QED) is 0.233. The summed E-state index contributed by atoms with van der Waals surface area (Å²) in [4.78, 5) is 13.4. The first-order chi connectivity index (χ1) is 14.2. The van der Waals surface area contributed by atoms with Crippen molar-refractivity contribution in [3.05, 3.63) is 84.4 Å². The van der Waals surface area contributed by atoms with E-state index in [0.29, 0.717) is 17.9 Å². The van der Waals surface area contributed by atoms with E-state index < -0.39 is 5.60 Å². The van der Waals surface area contributed by atoms with E-state index in [1.807, 2.05) is 66.7 Å². The van der Waals surface area contributed by atoms with Crippen molar-refractivity contribution >= 4 is 27.5 Å². The third kappa shape index (κ3) is 2.69. The molecule has 0 aliphatic carbocycles. The second kappa shape index (κ2) is 6.93. The fraction of sp³-hybridized carbons (Fsp3) is 0.192. The number of unbranched alkanes of at least 4 members (excludes halogenated alkanes) is 1. The zero-order valence-electron chi connectivity index (χ0n) is 16.4.